The van der Waals surface area contributed by atoms with Gasteiger partial charge in [0.05, 0.1) is 6.61 Å². The predicted octanol–water partition coefficient (Wildman–Crippen LogP) is 1.72. The van der Waals surface area contributed by atoms with Crippen LogP contribution in [0.5, 0.6) is 0 Å². The monoisotopic (exact) mass is 255 g/mol. The Hall–Kier alpha value is -1.52. The van der Waals surface area contributed by atoms with E-state index in [1.54, 1.807) is 0 Å². The van der Waals surface area contributed by atoms with Crippen molar-refractivity contribution in [1.29, 1.82) is 0 Å². The minimum Gasteiger partial charge on any atom is -0.464 e. The van der Waals surface area contributed by atoms with Crippen LogP contribution < -0.4 is 11.5 Å². The number of guanidine groups is 1. The molecule has 4 N–H and O–H groups in total. The van der Waals surface area contributed by atoms with Crippen molar-refractivity contribution in [2.75, 3.05) is 13.2 Å². The van der Waals surface area contributed by atoms with Gasteiger partial charge in [0.25, 0.3) is 0 Å². The fourth-order valence-electron chi connectivity index (χ4n) is 1.49. The molecule has 0 aliphatic carbocycles. The molecule has 0 saturated heterocycles. The highest BCUT2D eigenvalue weighted by Crippen LogP contribution is 2.07. The van der Waals surface area contributed by atoms with Gasteiger partial charge in [0.1, 0.15) is 6.54 Å². The number of nitrogens with two attached hydrogens (primary N) is 2. The zero-order valence-corrected chi connectivity index (χ0v) is 11.1. The highest BCUT2D eigenvalue weighted by molar-refractivity contribution is 5.80. The smallest absolute Gasteiger partial charge is 0.327 e. The van der Waals surface area contributed by atoms with Crippen LogP contribution in [0.1, 0.15) is 44.9 Å². The van der Waals surface area contributed by atoms with Gasteiger partial charge < -0.3 is 16.2 Å². The van der Waals surface area contributed by atoms with Gasteiger partial charge in [-0.25, -0.2) is 4.99 Å². The number of esters is 1. The second-order valence-corrected chi connectivity index (χ2v) is 4.16. The Balaban J connectivity index is 3.22. The lowest BCUT2D eigenvalue weighted by molar-refractivity contribution is -0.141. The van der Waals surface area contributed by atoms with Crippen molar-refractivity contribution in [3.63, 3.8) is 0 Å². The molecule has 0 heterocycles. The number of aliphatic imine (C=N–C) groups is 1. The number of hydrogen-bond donors (Lipinski definition) is 2. The van der Waals surface area contributed by atoms with E-state index in [9.17, 15) is 4.79 Å². The van der Waals surface area contributed by atoms with Gasteiger partial charge in [-0.2, -0.15) is 0 Å². The van der Waals surface area contributed by atoms with E-state index in [1.807, 2.05) is 6.08 Å². The third-order valence-electron chi connectivity index (χ3n) is 2.46. The van der Waals surface area contributed by atoms with Gasteiger partial charge in [-0.05, 0) is 19.3 Å². The minimum atomic E-state index is -0.380. The Labute approximate surface area is 109 Å². The van der Waals surface area contributed by atoms with Gasteiger partial charge in [-0.15, -0.1) is 6.58 Å². The van der Waals surface area contributed by atoms with Crippen molar-refractivity contribution < 1.29 is 9.53 Å². The second-order valence-electron chi connectivity index (χ2n) is 4.16. The normalized spacial score (nSPS) is 9.78. The molecule has 0 atom stereocenters. The van der Waals surface area contributed by atoms with E-state index in [1.165, 1.54) is 25.7 Å². The molecular formula is C13H25N3O2. The first-order chi connectivity index (χ1) is 8.66. The Kier molecular flexibility index (Phi) is 10.9. The van der Waals surface area contributed by atoms with Crippen LogP contribution in [0.3, 0.4) is 0 Å². The Morgan fingerprint density at radius 3 is 2.33 bits per heavy atom. The SMILES string of the molecule is C=CCCCCCCCCOC(=O)CN=C(N)N. The van der Waals surface area contributed by atoms with E-state index >= 15 is 0 Å². The van der Waals surface area contributed by atoms with Crippen molar-refractivity contribution >= 4 is 11.9 Å². The summed E-state index contributed by atoms with van der Waals surface area (Å²) in [5.41, 5.74) is 10.2. The molecule has 0 fully saturated rings. The van der Waals surface area contributed by atoms with E-state index in [-0.39, 0.29) is 18.5 Å². The largest absolute Gasteiger partial charge is 0.464 e. The summed E-state index contributed by atoms with van der Waals surface area (Å²) in [5.74, 6) is -0.471. The summed E-state index contributed by atoms with van der Waals surface area (Å²) in [6.07, 6.45) is 9.92. The third-order valence-corrected chi connectivity index (χ3v) is 2.46. The summed E-state index contributed by atoms with van der Waals surface area (Å²) in [5, 5.41) is 0. The van der Waals surface area contributed by atoms with Crippen LogP contribution in [-0.2, 0) is 9.53 Å². The summed E-state index contributed by atoms with van der Waals surface area (Å²) in [6.45, 7) is 4.04. The third kappa shape index (κ3) is 12.5. The number of nitrogens with zero attached hydrogens (tertiary/aromatic N) is 1. The highest BCUT2D eigenvalue weighted by atomic mass is 16.5. The second kappa shape index (κ2) is 12.0. The molecule has 0 saturated carbocycles. The summed E-state index contributed by atoms with van der Waals surface area (Å²) >= 11 is 0. The van der Waals surface area contributed by atoms with E-state index in [2.05, 4.69) is 11.6 Å². The maximum absolute atomic E-state index is 11.1. The number of allylic oxidation sites excluding steroid dienone is 1. The number of carbonyl (C=O) groups excluding carboxylic acids is 1. The van der Waals surface area contributed by atoms with Crippen LogP contribution in [-0.4, -0.2) is 25.1 Å². The Morgan fingerprint density at radius 2 is 1.72 bits per heavy atom. The van der Waals surface area contributed by atoms with Crippen LogP contribution in [0, 0.1) is 0 Å². The topological polar surface area (TPSA) is 90.7 Å². The maximum atomic E-state index is 11.1. The molecule has 0 bridgehead atoms. The molecule has 0 aromatic heterocycles. The van der Waals surface area contributed by atoms with Crippen LogP contribution in [0.25, 0.3) is 0 Å². The van der Waals surface area contributed by atoms with E-state index in [0.29, 0.717) is 6.61 Å². The molecule has 0 aromatic rings. The molecule has 18 heavy (non-hydrogen) atoms. The number of ether oxygens (including phenoxy) is 1. The number of carbonyl (C=O) groups is 1. The molecule has 0 aliphatic rings. The standard InChI is InChI=1S/C13H25N3O2/c1-2-3-4-5-6-7-8-9-10-18-12(17)11-16-13(14)15/h2H,1,3-11H2,(H4,14,15,16). The number of rotatable bonds is 11. The molecule has 104 valence electrons. The molecule has 0 amide bonds. The molecule has 5 nitrogen and oxygen atoms in total. The van der Waals surface area contributed by atoms with Gasteiger partial charge in [-0.1, -0.05) is 31.8 Å². The Bertz CT molecular complexity index is 261. The first-order valence-electron chi connectivity index (χ1n) is 6.48. The van der Waals surface area contributed by atoms with E-state index < -0.39 is 0 Å². The molecule has 5 heteroatoms. The quantitative estimate of drug-likeness (QED) is 0.193. The summed E-state index contributed by atoms with van der Waals surface area (Å²) < 4.78 is 4.97. The van der Waals surface area contributed by atoms with Crippen molar-refractivity contribution in [3.8, 4) is 0 Å². The van der Waals surface area contributed by atoms with Crippen LogP contribution in [0.15, 0.2) is 17.6 Å². The molecular weight excluding hydrogens is 230 g/mol. The van der Waals surface area contributed by atoms with Crippen molar-refractivity contribution in [2.24, 2.45) is 16.5 Å². The van der Waals surface area contributed by atoms with Crippen LogP contribution in [0.4, 0.5) is 0 Å². The lowest BCUT2D eigenvalue weighted by Gasteiger charge is -2.03. The van der Waals surface area contributed by atoms with E-state index in [0.717, 1.165) is 19.3 Å². The zero-order valence-electron chi connectivity index (χ0n) is 11.1. The maximum Gasteiger partial charge on any atom is 0.327 e. The molecule has 0 unspecified atom stereocenters. The average molecular weight is 255 g/mol. The lowest BCUT2D eigenvalue weighted by atomic mass is 10.1. The fraction of sp³-hybridized carbons (Fsp3) is 0.692. The molecule has 0 aliphatic heterocycles. The van der Waals surface area contributed by atoms with Gasteiger partial charge >= 0.3 is 5.97 Å². The van der Waals surface area contributed by atoms with Gasteiger partial charge in [0.15, 0.2) is 5.96 Å². The minimum absolute atomic E-state index is 0.0912. The van der Waals surface area contributed by atoms with Gasteiger partial charge in [-0.3, -0.25) is 4.79 Å². The van der Waals surface area contributed by atoms with Crippen molar-refractivity contribution in [1.82, 2.24) is 0 Å². The van der Waals surface area contributed by atoms with E-state index in [4.69, 9.17) is 16.2 Å². The van der Waals surface area contributed by atoms with Crippen LogP contribution in [0.2, 0.25) is 0 Å². The average Bonchev–Trinajstić information content (AvgIpc) is 2.34. The summed E-state index contributed by atoms with van der Waals surface area (Å²) in [6, 6.07) is 0. The molecule has 0 aromatic carbocycles. The van der Waals surface area contributed by atoms with Gasteiger partial charge in [0, 0.05) is 0 Å². The molecule has 0 rings (SSSR count). The summed E-state index contributed by atoms with van der Waals surface area (Å²) in [7, 11) is 0. The number of unbranched alkanes of at least 4 members (excludes halogenated alkanes) is 6. The molecule has 0 spiro atoms. The Morgan fingerprint density at radius 1 is 1.11 bits per heavy atom. The zero-order chi connectivity index (χ0) is 13.6. The van der Waals surface area contributed by atoms with Crippen molar-refractivity contribution in [2.45, 2.75) is 44.9 Å². The fourth-order valence-corrected chi connectivity index (χ4v) is 1.49. The van der Waals surface area contributed by atoms with Gasteiger partial charge in [0.2, 0.25) is 0 Å². The first kappa shape index (κ1) is 16.5. The first-order valence-corrected chi connectivity index (χ1v) is 6.48. The number of hydrogen-bond acceptors (Lipinski definition) is 3. The highest BCUT2D eigenvalue weighted by Gasteiger charge is 2.00. The molecule has 0 radical (unpaired) electrons. The van der Waals surface area contributed by atoms with Crippen molar-refractivity contribution in [3.05, 3.63) is 12.7 Å². The lowest BCUT2D eigenvalue weighted by Crippen LogP contribution is -2.24. The summed E-state index contributed by atoms with van der Waals surface area (Å²) in [4.78, 5) is 14.7. The predicted molar refractivity (Wildman–Crippen MR) is 74.2 cm³/mol. The van der Waals surface area contributed by atoms with Crippen LogP contribution >= 0.6 is 0 Å².